The van der Waals surface area contributed by atoms with E-state index in [9.17, 15) is 9.59 Å². The fraction of sp³-hybridized carbons (Fsp3) is 0.846. The molecule has 1 heterocycles. The van der Waals surface area contributed by atoms with Gasteiger partial charge in [0.2, 0.25) is 11.8 Å². The lowest BCUT2D eigenvalue weighted by atomic mass is 9.97. The normalized spacial score (nSPS) is 21.8. The second-order valence-electron chi connectivity index (χ2n) is 4.93. The number of carbonyl (C=O) groups excluding carboxylic acids is 2. The lowest BCUT2D eigenvalue weighted by Crippen LogP contribution is -2.45. The predicted octanol–water partition coefficient (Wildman–Crippen LogP) is 1.41. The fourth-order valence-corrected chi connectivity index (χ4v) is 2.08. The van der Waals surface area contributed by atoms with Crippen LogP contribution in [0.25, 0.3) is 0 Å². The molecular weight excluding hydrogens is 216 g/mol. The molecule has 2 amide bonds. The van der Waals surface area contributed by atoms with Crippen LogP contribution in [0.4, 0.5) is 0 Å². The minimum absolute atomic E-state index is 0.0169. The molecule has 98 valence electrons. The summed E-state index contributed by atoms with van der Waals surface area (Å²) in [6, 6.07) is 0. The van der Waals surface area contributed by atoms with Crippen LogP contribution >= 0.6 is 0 Å². The van der Waals surface area contributed by atoms with Crippen LogP contribution < -0.4 is 5.32 Å². The molecule has 1 aliphatic rings. The van der Waals surface area contributed by atoms with Crippen molar-refractivity contribution in [2.45, 2.75) is 40.0 Å². The Morgan fingerprint density at radius 1 is 1.53 bits per heavy atom. The first-order valence-corrected chi connectivity index (χ1v) is 6.63. The highest BCUT2D eigenvalue weighted by Gasteiger charge is 2.28. The summed E-state index contributed by atoms with van der Waals surface area (Å²) in [6.45, 7) is 8.42. The quantitative estimate of drug-likeness (QED) is 0.790. The van der Waals surface area contributed by atoms with Gasteiger partial charge in [0.05, 0.1) is 5.92 Å². The Hall–Kier alpha value is -1.06. The van der Waals surface area contributed by atoms with E-state index in [4.69, 9.17) is 0 Å². The SMILES string of the molecule is CCC(C)CN(CC)C(=O)C1CCC(=O)NC1. The number of hydrogen-bond donors (Lipinski definition) is 1. The van der Waals surface area contributed by atoms with Gasteiger partial charge in [-0.05, 0) is 19.3 Å². The maximum atomic E-state index is 12.3. The van der Waals surface area contributed by atoms with Crippen LogP contribution in [-0.4, -0.2) is 36.3 Å². The van der Waals surface area contributed by atoms with Crippen molar-refractivity contribution in [3.63, 3.8) is 0 Å². The molecule has 0 saturated carbocycles. The molecule has 0 aromatic heterocycles. The summed E-state index contributed by atoms with van der Waals surface area (Å²) in [4.78, 5) is 25.2. The van der Waals surface area contributed by atoms with Crippen molar-refractivity contribution < 1.29 is 9.59 Å². The van der Waals surface area contributed by atoms with Crippen molar-refractivity contribution >= 4 is 11.8 Å². The number of hydrogen-bond acceptors (Lipinski definition) is 2. The van der Waals surface area contributed by atoms with Gasteiger partial charge < -0.3 is 10.2 Å². The fourth-order valence-electron chi connectivity index (χ4n) is 2.08. The molecule has 1 saturated heterocycles. The van der Waals surface area contributed by atoms with E-state index in [1.807, 2.05) is 11.8 Å². The van der Waals surface area contributed by atoms with Gasteiger partial charge in [-0.1, -0.05) is 20.3 Å². The molecule has 4 heteroatoms. The van der Waals surface area contributed by atoms with Gasteiger partial charge in [0.1, 0.15) is 0 Å². The second kappa shape index (κ2) is 6.62. The lowest BCUT2D eigenvalue weighted by Gasteiger charge is -2.30. The smallest absolute Gasteiger partial charge is 0.227 e. The van der Waals surface area contributed by atoms with Crippen LogP contribution in [0.5, 0.6) is 0 Å². The summed E-state index contributed by atoms with van der Waals surface area (Å²) in [7, 11) is 0. The van der Waals surface area contributed by atoms with E-state index in [-0.39, 0.29) is 17.7 Å². The maximum Gasteiger partial charge on any atom is 0.227 e. The zero-order chi connectivity index (χ0) is 12.8. The molecule has 0 spiro atoms. The van der Waals surface area contributed by atoms with Crippen LogP contribution in [0.1, 0.15) is 40.0 Å². The standard InChI is InChI=1S/C13H24N2O2/c1-4-10(3)9-15(5-2)13(17)11-6-7-12(16)14-8-11/h10-11H,4-9H2,1-3H3,(H,14,16). The average Bonchev–Trinajstić information content (AvgIpc) is 2.35. The highest BCUT2D eigenvalue weighted by atomic mass is 16.2. The van der Waals surface area contributed by atoms with Crippen LogP contribution in [0.2, 0.25) is 0 Å². The first-order valence-electron chi connectivity index (χ1n) is 6.63. The molecule has 1 N–H and O–H groups in total. The topological polar surface area (TPSA) is 49.4 Å². The van der Waals surface area contributed by atoms with Gasteiger partial charge in [0.25, 0.3) is 0 Å². The number of amides is 2. The second-order valence-corrected chi connectivity index (χ2v) is 4.93. The Morgan fingerprint density at radius 2 is 2.24 bits per heavy atom. The Balaban J connectivity index is 2.50. The van der Waals surface area contributed by atoms with Gasteiger partial charge in [0.15, 0.2) is 0 Å². The van der Waals surface area contributed by atoms with Gasteiger partial charge in [-0.25, -0.2) is 0 Å². The first kappa shape index (κ1) is 14.0. The van der Waals surface area contributed by atoms with Crippen LogP contribution in [0.3, 0.4) is 0 Å². The number of rotatable bonds is 5. The van der Waals surface area contributed by atoms with Gasteiger partial charge >= 0.3 is 0 Å². The molecule has 0 aromatic rings. The van der Waals surface area contributed by atoms with Gasteiger partial charge in [-0.3, -0.25) is 9.59 Å². The zero-order valence-electron chi connectivity index (χ0n) is 11.2. The van der Waals surface area contributed by atoms with Crippen molar-refractivity contribution in [3.8, 4) is 0 Å². The van der Waals surface area contributed by atoms with E-state index in [1.54, 1.807) is 0 Å². The van der Waals surface area contributed by atoms with Crippen molar-refractivity contribution in [2.75, 3.05) is 19.6 Å². The monoisotopic (exact) mass is 240 g/mol. The third-order valence-corrected chi connectivity index (χ3v) is 3.54. The summed E-state index contributed by atoms with van der Waals surface area (Å²) in [5.74, 6) is 0.792. The van der Waals surface area contributed by atoms with Crippen LogP contribution in [-0.2, 0) is 9.59 Å². The summed E-state index contributed by atoms with van der Waals surface area (Å²) < 4.78 is 0. The van der Waals surface area contributed by atoms with E-state index >= 15 is 0 Å². The van der Waals surface area contributed by atoms with Gasteiger partial charge in [-0.2, -0.15) is 0 Å². The molecule has 0 aromatic carbocycles. The summed E-state index contributed by atoms with van der Waals surface area (Å²) in [5, 5.41) is 2.77. The molecule has 1 aliphatic heterocycles. The molecule has 2 unspecified atom stereocenters. The van der Waals surface area contributed by atoms with E-state index in [2.05, 4.69) is 19.2 Å². The molecule has 1 rings (SSSR count). The first-order chi connectivity index (χ1) is 8.08. The predicted molar refractivity (Wildman–Crippen MR) is 67.4 cm³/mol. The van der Waals surface area contributed by atoms with Crippen LogP contribution in [0.15, 0.2) is 0 Å². The van der Waals surface area contributed by atoms with Crippen molar-refractivity contribution in [1.29, 1.82) is 0 Å². The molecule has 0 bridgehead atoms. The molecular formula is C13H24N2O2. The Labute approximate surface area is 104 Å². The Morgan fingerprint density at radius 3 is 2.71 bits per heavy atom. The van der Waals surface area contributed by atoms with Crippen molar-refractivity contribution in [1.82, 2.24) is 10.2 Å². The number of nitrogens with one attached hydrogen (secondary N) is 1. The van der Waals surface area contributed by atoms with E-state index in [1.165, 1.54) is 0 Å². The van der Waals surface area contributed by atoms with Crippen molar-refractivity contribution in [3.05, 3.63) is 0 Å². The molecule has 4 nitrogen and oxygen atoms in total. The van der Waals surface area contributed by atoms with Crippen LogP contribution in [0, 0.1) is 11.8 Å². The molecule has 0 aliphatic carbocycles. The lowest BCUT2D eigenvalue weighted by molar-refractivity contribution is -0.137. The maximum absolute atomic E-state index is 12.3. The highest BCUT2D eigenvalue weighted by Crippen LogP contribution is 2.15. The third-order valence-electron chi connectivity index (χ3n) is 3.54. The number of nitrogens with zero attached hydrogens (tertiary/aromatic N) is 1. The number of piperidine rings is 1. The Kier molecular flexibility index (Phi) is 5.45. The molecule has 0 radical (unpaired) electrons. The molecule has 1 fully saturated rings. The Bertz CT molecular complexity index is 269. The highest BCUT2D eigenvalue weighted by molar-refractivity contribution is 5.83. The summed E-state index contributed by atoms with van der Waals surface area (Å²) in [5.41, 5.74) is 0. The third kappa shape index (κ3) is 4.02. The average molecular weight is 240 g/mol. The van der Waals surface area contributed by atoms with Gasteiger partial charge in [-0.15, -0.1) is 0 Å². The number of carbonyl (C=O) groups is 2. The summed E-state index contributed by atoms with van der Waals surface area (Å²) in [6.07, 6.45) is 2.27. The van der Waals surface area contributed by atoms with Crippen molar-refractivity contribution in [2.24, 2.45) is 11.8 Å². The van der Waals surface area contributed by atoms with E-state index in [0.29, 0.717) is 25.3 Å². The minimum atomic E-state index is -0.0169. The minimum Gasteiger partial charge on any atom is -0.355 e. The van der Waals surface area contributed by atoms with E-state index < -0.39 is 0 Å². The summed E-state index contributed by atoms with van der Waals surface area (Å²) >= 11 is 0. The van der Waals surface area contributed by atoms with E-state index in [0.717, 1.165) is 19.5 Å². The van der Waals surface area contributed by atoms with Gasteiger partial charge in [0, 0.05) is 26.1 Å². The largest absolute Gasteiger partial charge is 0.355 e. The zero-order valence-corrected chi connectivity index (χ0v) is 11.2. The molecule has 2 atom stereocenters. The molecule has 17 heavy (non-hydrogen) atoms.